The Morgan fingerprint density at radius 2 is 1.76 bits per heavy atom. The van der Waals surface area contributed by atoms with Crippen LogP contribution >= 0.6 is 0 Å². The fourth-order valence-electron chi connectivity index (χ4n) is 4.93. The molecule has 5 nitrogen and oxygen atoms in total. The molecule has 2 fully saturated rings. The Labute approximate surface area is 176 Å². The van der Waals surface area contributed by atoms with E-state index < -0.39 is 6.09 Å². The molecule has 0 bridgehead atoms. The number of amides is 1. The molecule has 0 unspecified atom stereocenters. The molecule has 1 aliphatic carbocycles. The maximum absolute atomic E-state index is 12.3. The maximum atomic E-state index is 12.3. The summed E-state index contributed by atoms with van der Waals surface area (Å²) in [7, 11) is 0. The first kappa shape index (κ1) is 21.9. The smallest absolute Gasteiger partial charge is 0.412 e. The first-order valence-electron chi connectivity index (χ1n) is 11.7. The second kappa shape index (κ2) is 11.4. The number of nitrogens with zero attached hydrogens (tertiary/aromatic N) is 2. The molecular weight excluding hydrogens is 364 g/mol. The van der Waals surface area contributed by atoms with Crippen molar-refractivity contribution in [1.82, 2.24) is 4.90 Å². The molecule has 1 heterocycles. The number of unbranched alkanes of at least 4 members (excludes halogenated alkanes) is 3. The van der Waals surface area contributed by atoms with Crippen LogP contribution in [0.2, 0.25) is 0 Å². The number of benzene rings is 1. The topological polar surface area (TPSA) is 53.0 Å². The van der Waals surface area contributed by atoms with Gasteiger partial charge in [-0.1, -0.05) is 45.4 Å². The normalized spacial score (nSPS) is 22.9. The summed E-state index contributed by atoms with van der Waals surface area (Å²) in [6.45, 7) is 5.15. The molecule has 0 radical (unpaired) electrons. The van der Waals surface area contributed by atoms with E-state index in [0.717, 1.165) is 56.8 Å². The van der Waals surface area contributed by atoms with Gasteiger partial charge in [-0.3, -0.25) is 9.80 Å². The molecule has 1 amide bonds. The first-order valence-corrected chi connectivity index (χ1v) is 11.7. The minimum absolute atomic E-state index is 0.0418. The molecule has 3 rings (SSSR count). The molecule has 0 spiro atoms. The molecule has 2 aliphatic rings. The molecule has 2 atom stereocenters. The van der Waals surface area contributed by atoms with Gasteiger partial charge in [-0.15, -0.1) is 0 Å². The van der Waals surface area contributed by atoms with Gasteiger partial charge >= 0.3 is 6.09 Å². The summed E-state index contributed by atoms with van der Waals surface area (Å²) in [6.07, 6.45) is 12.0. The monoisotopic (exact) mass is 402 g/mol. The van der Waals surface area contributed by atoms with Crippen molar-refractivity contribution in [3.05, 3.63) is 24.3 Å². The van der Waals surface area contributed by atoms with Crippen LogP contribution in [0.4, 0.5) is 10.5 Å². The fourth-order valence-corrected chi connectivity index (χ4v) is 4.93. The summed E-state index contributed by atoms with van der Waals surface area (Å²) < 4.78 is 5.84. The number of hydrogen-bond donors (Lipinski definition) is 1. The minimum Gasteiger partial charge on any atom is -0.494 e. The zero-order valence-electron chi connectivity index (χ0n) is 18.0. The van der Waals surface area contributed by atoms with E-state index in [9.17, 15) is 9.90 Å². The number of carboxylic acid groups (broad SMARTS) is 1. The van der Waals surface area contributed by atoms with Crippen molar-refractivity contribution < 1.29 is 14.6 Å². The minimum atomic E-state index is -0.841. The molecule has 1 aliphatic heterocycles. The summed E-state index contributed by atoms with van der Waals surface area (Å²) in [4.78, 5) is 16.4. The van der Waals surface area contributed by atoms with Gasteiger partial charge in [-0.25, -0.2) is 4.79 Å². The summed E-state index contributed by atoms with van der Waals surface area (Å²) in [6, 6.07) is 8.05. The van der Waals surface area contributed by atoms with Gasteiger partial charge in [0.25, 0.3) is 0 Å². The van der Waals surface area contributed by atoms with Crippen LogP contribution in [-0.2, 0) is 0 Å². The van der Waals surface area contributed by atoms with Gasteiger partial charge in [0.05, 0.1) is 12.6 Å². The van der Waals surface area contributed by atoms with E-state index in [0.29, 0.717) is 6.04 Å². The van der Waals surface area contributed by atoms with E-state index in [2.05, 4.69) is 11.8 Å². The molecule has 162 valence electrons. The molecule has 5 heteroatoms. The Hall–Kier alpha value is -1.75. The standard InChI is InChI=1S/C24H38N2O3/c1-2-3-4-10-19-29-21-15-13-20(14-16-21)26(24(27)28)23-12-7-6-11-22(23)25-17-8-5-9-18-25/h13-16,22-23H,2-12,17-19H2,1H3,(H,27,28)/t22-,23+/m0/s1. The van der Waals surface area contributed by atoms with E-state index >= 15 is 0 Å². The number of ether oxygens (including phenoxy) is 1. The van der Waals surface area contributed by atoms with Gasteiger partial charge in [0.15, 0.2) is 0 Å². The predicted octanol–water partition coefficient (Wildman–Crippen LogP) is 5.93. The van der Waals surface area contributed by atoms with Crippen LogP contribution < -0.4 is 9.64 Å². The summed E-state index contributed by atoms with van der Waals surface area (Å²) in [5, 5.41) is 10.1. The van der Waals surface area contributed by atoms with Gasteiger partial charge in [0, 0.05) is 11.7 Å². The quantitative estimate of drug-likeness (QED) is 0.520. The second-order valence-corrected chi connectivity index (χ2v) is 8.57. The number of carbonyl (C=O) groups is 1. The highest BCUT2D eigenvalue weighted by Gasteiger charge is 2.37. The predicted molar refractivity (Wildman–Crippen MR) is 118 cm³/mol. The summed E-state index contributed by atoms with van der Waals surface area (Å²) >= 11 is 0. The highest BCUT2D eigenvalue weighted by molar-refractivity contribution is 5.87. The molecule has 1 saturated carbocycles. The molecule has 29 heavy (non-hydrogen) atoms. The van der Waals surface area contributed by atoms with E-state index in [1.807, 2.05) is 24.3 Å². The molecule has 1 N–H and O–H groups in total. The van der Waals surface area contributed by atoms with Crippen molar-refractivity contribution in [3.8, 4) is 5.75 Å². The second-order valence-electron chi connectivity index (χ2n) is 8.57. The lowest BCUT2D eigenvalue weighted by atomic mass is 9.86. The van der Waals surface area contributed by atoms with Crippen LogP contribution in [0.5, 0.6) is 5.75 Å². The summed E-state index contributed by atoms with van der Waals surface area (Å²) in [5.74, 6) is 0.826. The average Bonchev–Trinajstić information content (AvgIpc) is 2.75. The maximum Gasteiger partial charge on any atom is 0.412 e. The van der Waals surface area contributed by atoms with Crippen molar-refractivity contribution in [2.75, 3.05) is 24.6 Å². The van der Waals surface area contributed by atoms with Crippen LogP contribution in [0.1, 0.15) is 77.6 Å². The van der Waals surface area contributed by atoms with Crippen LogP contribution in [0.15, 0.2) is 24.3 Å². The number of rotatable bonds is 9. The van der Waals surface area contributed by atoms with Crippen molar-refractivity contribution in [3.63, 3.8) is 0 Å². The third kappa shape index (κ3) is 6.11. The van der Waals surface area contributed by atoms with Crippen molar-refractivity contribution >= 4 is 11.8 Å². The lowest BCUT2D eigenvalue weighted by molar-refractivity contribution is 0.109. The van der Waals surface area contributed by atoms with E-state index in [-0.39, 0.29) is 6.04 Å². The zero-order chi connectivity index (χ0) is 20.5. The first-order chi connectivity index (χ1) is 14.2. The van der Waals surface area contributed by atoms with Crippen molar-refractivity contribution in [2.24, 2.45) is 0 Å². The third-order valence-corrected chi connectivity index (χ3v) is 6.47. The van der Waals surface area contributed by atoms with Gasteiger partial charge in [0.1, 0.15) is 5.75 Å². The van der Waals surface area contributed by atoms with Crippen LogP contribution in [0.3, 0.4) is 0 Å². The average molecular weight is 403 g/mol. The van der Waals surface area contributed by atoms with Crippen LogP contribution in [-0.4, -0.2) is 47.9 Å². The van der Waals surface area contributed by atoms with E-state index in [1.165, 1.54) is 44.9 Å². The van der Waals surface area contributed by atoms with Crippen molar-refractivity contribution in [2.45, 2.75) is 89.6 Å². The van der Waals surface area contributed by atoms with Crippen molar-refractivity contribution in [1.29, 1.82) is 0 Å². The fraction of sp³-hybridized carbons (Fsp3) is 0.708. The van der Waals surface area contributed by atoms with Gasteiger partial charge in [-0.05, 0) is 69.5 Å². The Balaban J connectivity index is 1.67. The summed E-state index contributed by atoms with van der Waals surface area (Å²) in [5.41, 5.74) is 0.768. The van der Waals surface area contributed by atoms with Crippen LogP contribution in [0.25, 0.3) is 0 Å². The molecule has 0 aromatic heterocycles. The Bertz CT molecular complexity index is 613. The number of anilines is 1. The molecule has 1 aromatic rings. The molecule has 1 saturated heterocycles. The Morgan fingerprint density at radius 1 is 1.03 bits per heavy atom. The van der Waals surface area contributed by atoms with Gasteiger partial charge in [-0.2, -0.15) is 0 Å². The van der Waals surface area contributed by atoms with E-state index in [4.69, 9.17) is 4.74 Å². The lowest BCUT2D eigenvalue weighted by Crippen LogP contribution is -2.56. The highest BCUT2D eigenvalue weighted by atomic mass is 16.5. The Morgan fingerprint density at radius 3 is 2.45 bits per heavy atom. The van der Waals surface area contributed by atoms with E-state index in [1.54, 1.807) is 4.90 Å². The number of piperidine rings is 1. The SMILES string of the molecule is CCCCCCOc1ccc(N(C(=O)O)[C@@H]2CCCC[C@@H]2N2CCCCC2)cc1. The highest BCUT2D eigenvalue weighted by Crippen LogP contribution is 2.33. The largest absolute Gasteiger partial charge is 0.494 e. The van der Waals surface area contributed by atoms with Crippen LogP contribution in [0, 0.1) is 0 Å². The lowest BCUT2D eigenvalue weighted by Gasteiger charge is -2.45. The molecular formula is C24H38N2O3. The number of hydrogen-bond acceptors (Lipinski definition) is 3. The molecule has 1 aromatic carbocycles. The Kier molecular flexibility index (Phi) is 8.66. The van der Waals surface area contributed by atoms with Gasteiger partial charge < -0.3 is 9.84 Å². The van der Waals surface area contributed by atoms with Gasteiger partial charge in [0.2, 0.25) is 0 Å². The third-order valence-electron chi connectivity index (χ3n) is 6.47. The number of likely N-dealkylation sites (tertiary alicyclic amines) is 1. The zero-order valence-corrected chi connectivity index (χ0v) is 18.0.